The summed E-state index contributed by atoms with van der Waals surface area (Å²) in [6.45, 7) is 3.65. The number of nitrogens with one attached hydrogen (secondary N) is 2. The van der Waals surface area contributed by atoms with Crippen LogP contribution in [0.1, 0.15) is 13.3 Å². The molecule has 0 saturated heterocycles. The number of carbonyl (C=O) groups excluding carboxylic acids is 2. The monoisotopic (exact) mass is 634 g/mol. The number of aromatic nitrogens is 2. The van der Waals surface area contributed by atoms with Crippen molar-refractivity contribution >= 4 is 56.7 Å². The van der Waals surface area contributed by atoms with Crippen molar-refractivity contribution < 1.29 is 32.6 Å². The van der Waals surface area contributed by atoms with Gasteiger partial charge in [0.25, 0.3) is 0 Å². The molecule has 2 aromatic carbocycles. The zero-order chi connectivity index (χ0) is 31.7. The minimum atomic E-state index is -4.40. The number of hydrogen-bond acceptors (Lipinski definition) is 10. The van der Waals surface area contributed by atoms with Gasteiger partial charge in [-0.2, -0.15) is 0 Å². The number of carboxylic acid groups (broad SMARTS) is 1. The number of para-hydroxylation sites is 2. The molecule has 0 fully saturated rings. The molecule has 1 aromatic heterocycles. The minimum Gasteiger partial charge on any atom is -0.487 e. The van der Waals surface area contributed by atoms with Crippen LogP contribution in [0.5, 0.6) is 5.75 Å². The Morgan fingerprint density at radius 2 is 1.88 bits per heavy atom. The molecular weight excluding hydrogens is 596 g/mol. The SMILES string of the molecule is CSc1nc2ccccc2n1C[C@@H](C)Oc1cc(NC(=O)CN(C)CCN(C)C)ccc1S(=O)(=O)NC(C=O)CC(=O)O. The first-order valence-electron chi connectivity index (χ1n) is 13.5. The number of nitrogens with zero attached hydrogens (tertiary/aromatic N) is 4. The first-order chi connectivity index (χ1) is 20.3. The van der Waals surface area contributed by atoms with Crippen molar-refractivity contribution in [2.75, 3.05) is 52.3 Å². The summed E-state index contributed by atoms with van der Waals surface area (Å²) in [4.78, 5) is 43.5. The summed E-state index contributed by atoms with van der Waals surface area (Å²) in [5.74, 6) is -1.71. The molecule has 13 nitrogen and oxygen atoms in total. The van der Waals surface area contributed by atoms with Crippen molar-refractivity contribution in [3.8, 4) is 5.75 Å². The van der Waals surface area contributed by atoms with E-state index < -0.39 is 34.6 Å². The average Bonchev–Trinajstić information content (AvgIpc) is 3.28. The van der Waals surface area contributed by atoms with Crippen molar-refractivity contribution in [3.05, 3.63) is 42.5 Å². The number of thioether (sulfide) groups is 1. The smallest absolute Gasteiger partial charge is 0.305 e. The highest BCUT2D eigenvalue weighted by Gasteiger charge is 2.27. The highest BCUT2D eigenvalue weighted by atomic mass is 32.2. The van der Waals surface area contributed by atoms with Crippen LogP contribution in [-0.4, -0.2) is 110 Å². The van der Waals surface area contributed by atoms with Crippen LogP contribution in [-0.2, 0) is 31.0 Å². The molecule has 0 aliphatic rings. The number of amides is 1. The van der Waals surface area contributed by atoms with Gasteiger partial charge in [-0.1, -0.05) is 23.9 Å². The lowest BCUT2D eigenvalue weighted by Gasteiger charge is -2.21. The lowest BCUT2D eigenvalue weighted by molar-refractivity contribution is -0.138. The van der Waals surface area contributed by atoms with E-state index in [0.29, 0.717) is 18.8 Å². The molecule has 15 heteroatoms. The van der Waals surface area contributed by atoms with Crippen molar-refractivity contribution in [1.29, 1.82) is 0 Å². The summed E-state index contributed by atoms with van der Waals surface area (Å²) in [5.41, 5.74) is 2.01. The molecule has 234 valence electrons. The summed E-state index contributed by atoms with van der Waals surface area (Å²) in [6, 6.07) is 10.2. The second-order valence-electron chi connectivity index (χ2n) is 10.3. The Labute approximate surface area is 255 Å². The molecule has 0 bridgehead atoms. The van der Waals surface area contributed by atoms with Gasteiger partial charge >= 0.3 is 5.97 Å². The molecule has 1 amide bonds. The van der Waals surface area contributed by atoms with E-state index in [9.17, 15) is 22.8 Å². The molecule has 1 heterocycles. The van der Waals surface area contributed by atoms with Crippen LogP contribution in [0.3, 0.4) is 0 Å². The minimum absolute atomic E-state index is 0.0751. The first-order valence-corrected chi connectivity index (χ1v) is 16.2. The number of anilines is 1. The molecule has 0 aliphatic carbocycles. The normalized spacial score (nSPS) is 13.3. The Hall–Kier alpha value is -3.50. The maximum absolute atomic E-state index is 13.3. The number of likely N-dealkylation sites (N-methyl/N-ethyl adjacent to an activating group) is 2. The molecule has 0 aliphatic heterocycles. The van der Waals surface area contributed by atoms with Gasteiger partial charge in [0, 0.05) is 24.8 Å². The van der Waals surface area contributed by atoms with Gasteiger partial charge in [-0.25, -0.2) is 18.1 Å². The number of imidazole rings is 1. The standard InChI is InChI=1S/C28H38N6O7S2/c1-19(16-34-23-9-7-6-8-22(23)30-28(34)42-5)41-24-14-20(29-26(36)17-33(4)13-12-32(2)3)10-11-25(24)43(39,40)31-21(18-35)15-27(37)38/h6-11,14,18-19,21,31H,12-13,15-17H2,1-5H3,(H,29,36)(H,37,38)/t19-,21?/m1/s1. The Bertz CT molecular complexity index is 1540. The number of benzene rings is 2. The third-order valence-electron chi connectivity index (χ3n) is 6.29. The first kappa shape index (κ1) is 34.0. The number of fused-ring (bicyclic) bond motifs is 1. The fourth-order valence-corrected chi connectivity index (χ4v) is 6.13. The lowest BCUT2D eigenvalue weighted by atomic mass is 10.2. The van der Waals surface area contributed by atoms with Gasteiger partial charge in [-0.3, -0.25) is 14.5 Å². The van der Waals surface area contributed by atoms with E-state index in [2.05, 4.69) is 15.0 Å². The van der Waals surface area contributed by atoms with Gasteiger partial charge in [0.2, 0.25) is 15.9 Å². The molecule has 43 heavy (non-hydrogen) atoms. The van der Waals surface area contributed by atoms with Crippen molar-refractivity contribution in [1.82, 2.24) is 24.1 Å². The van der Waals surface area contributed by atoms with Gasteiger partial charge in [-0.15, -0.1) is 0 Å². The summed E-state index contributed by atoms with van der Waals surface area (Å²) < 4.78 is 36.9. The van der Waals surface area contributed by atoms with Crippen LogP contribution in [0.15, 0.2) is 52.5 Å². The van der Waals surface area contributed by atoms with Crippen LogP contribution < -0.4 is 14.8 Å². The highest BCUT2D eigenvalue weighted by molar-refractivity contribution is 7.98. The zero-order valence-electron chi connectivity index (χ0n) is 24.8. The van der Waals surface area contributed by atoms with Crippen LogP contribution in [0.25, 0.3) is 11.0 Å². The van der Waals surface area contributed by atoms with Gasteiger partial charge < -0.3 is 29.4 Å². The maximum Gasteiger partial charge on any atom is 0.305 e. The molecule has 0 radical (unpaired) electrons. The topological polar surface area (TPSA) is 163 Å². The predicted molar refractivity (Wildman–Crippen MR) is 165 cm³/mol. The quantitative estimate of drug-likeness (QED) is 0.147. The molecule has 3 N–H and O–H groups in total. The molecule has 0 saturated carbocycles. The van der Waals surface area contributed by atoms with E-state index in [1.165, 1.54) is 30.0 Å². The second kappa shape index (κ2) is 15.3. The van der Waals surface area contributed by atoms with E-state index >= 15 is 0 Å². The largest absolute Gasteiger partial charge is 0.487 e. The fraction of sp³-hybridized carbons (Fsp3) is 0.429. The van der Waals surface area contributed by atoms with Gasteiger partial charge in [-0.05, 0) is 58.6 Å². The van der Waals surface area contributed by atoms with Crippen LogP contribution >= 0.6 is 11.8 Å². The van der Waals surface area contributed by atoms with E-state index in [4.69, 9.17) is 9.84 Å². The van der Waals surface area contributed by atoms with Gasteiger partial charge in [0.15, 0.2) is 5.16 Å². The average molecular weight is 635 g/mol. The van der Waals surface area contributed by atoms with E-state index in [1.54, 1.807) is 6.92 Å². The summed E-state index contributed by atoms with van der Waals surface area (Å²) in [7, 11) is 1.31. The maximum atomic E-state index is 13.3. The van der Waals surface area contributed by atoms with Crippen molar-refractivity contribution in [3.63, 3.8) is 0 Å². The van der Waals surface area contributed by atoms with Gasteiger partial charge in [0.05, 0.1) is 36.6 Å². The third-order valence-corrected chi connectivity index (χ3v) is 8.50. The van der Waals surface area contributed by atoms with Crippen LogP contribution in [0.2, 0.25) is 0 Å². The molecule has 3 aromatic rings. The number of aldehydes is 1. The Balaban J connectivity index is 1.90. The Kier molecular flexibility index (Phi) is 12.1. The fourth-order valence-electron chi connectivity index (χ4n) is 4.26. The third kappa shape index (κ3) is 9.76. The summed E-state index contributed by atoms with van der Waals surface area (Å²) >= 11 is 1.47. The van der Waals surface area contributed by atoms with Crippen molar-refractivity contribution in [2.24, 2.45) is 0 Å². The molecule has 1 unspecified atom stereocenters. The van der Waals surface area contributed by atoms with E-state index in [1.807, 2.05) is 66.0 Å². The lowest BCUT2D eigenvalue weighted by Crippen LogP contribution is -2.38. The molecule has 2 atom stereocenters. The number of sulfonamides is 1. The zero-order valence-corrected chi connectivity index (χ0v) is 26.4. The van der Waals surface area contributed by atoms with Crippen LogP contribution in [0, 0.1) is 0 Å². The predicted octanol–water partition coefficient (Wildman–Crippen LogP) is 1.98. The van der Waals surface area contributed by atoms with E-state index in [-0.39, 0.29) is 29.4 Å². The van der Waals surface area contributed by atoms with Crippen molar-refractivity contribution in [2.45, 2.75) is 42.1 Å². The Morgan fingerprint density at radius 3 is 2.53 bits per heavy atom. The number of carboxylic acids is 1. The summed E-state index contributed by atoms with van der Waals surface area (Å²) in [6.07, 6.45) is 0.839. The molecular formula is C28H38N6O7S2. The molecule has 0 spiro atoms. The van der Waals surface area contributed by atoms with Crippen LogP contribution in [0.4, 0.5) is 5.69 Å². The number of ether oxygens (including phenoxy) is 1. The molecule has 3 rings (SSSR count). The van der Waals surface area contributed by atoms with Gasteiger partial charge in [0.1, 0.15) is 23.0 Å². The number of hydrogen-bond donors (Lipinski definition) is 3. The van der Waals surface area contributed by atoms with E-state index in [0.717, 1.165) is 22.7 Å². The number of rotatable bonds is 17. The second-order valence-corrected chi connectivity index (χ2v) is 12.8. The number of aliphatic carboxylic acids is 1. The Morgan fingerprint density at radius 1 is 1.16 bits per heavy atom. The number of carbonyl (C=O) groups is 3. The highest BCUT2D eigenvalue weighted by Crippen LogP contribution is 2.30. The summed E-state index contributed by atoms with van der Waals surface area (Å²) in [5, 5.41) is 12.6.